The zero-order chi connectivity index (χ0) is 12.8. The summed E-state index contributed by atoms with van der Waals surface area (Å²) in [4.78, 5) is 0. The van der Waals surface area contributed by atoms with E-state index in [0.717, 1.165) is 17.7 Å². The molecule has 2 fully saturated rings. The van der Waals surface area contributed by atoms with Gasteiger partial charge in [-0.2, -0.15) is 0 Å². The second-order valence-electron chi connectivity index (χ2n) is 4.33. The highest BCUT2D eigenvalue weighted by Crippen LogP contribution is 2.56. The van der Waals surface area contributed by atoms with E-state index in [9.17, 15) is 8.42 Å². The fraction of sp³-hybridized carbons (Fsp3) is 0.500. The van der Waals surface area contributed by atoms with Crippen LogP contribution in [-0.4, -0.2) is 31.3 Å². The van der Waals surface area contributed by atoms with Gasteiger partial charge in [0.2, 0.25) is 4.27 Å². The summed E-state index contributed by atoms with van der Waals surface area (Å²) in [5.74, 6) is 1.93. The molecule has 2 heterocycles. The Labute approximate surface area is 111 Å². The minimum atomic E-state index is -1.16. The molecule has 0 amide bonds. The molecule has 18 heavy (non-hydrogen) atoms. The summed E-state index contributed by atoms with van der Waals surface area (Å²) in [6.07, 6.45) is 0.449. The molecule has 0 saturated carbocycles. The fourth-order valence-electron chi connectivity index (χ4n) is 2.24. The molecule has 2 aliphatic heterocycles. The van der Waals surface area contributed by atoms with E-state index in [1.54, 1.807) is 7.11 Å². The van der Waals surface area contributed by atoms with Gasteiger partial charge in [-0.25, -0.2) is 0 Å². The van der Waals surface area contributed by atoms with Crippen molar-refractivity contribution in [3.63, 3.8) is 0 Å². The van der Waals surface area contributed by atoms with Crippen molar-refractivity contribution in [2.45, 2.75) is 16.8 Å². The third-order valence-corrected chi connectivity index (χ3v) is 7.58. The molecule has 1 aromatic carbocycles. The molecule has 4 nitrogen and oxygen atoms in total. The maximum Gasteiger partial charge on any atom is 0.249 e. The fourth-order valence-corrected chi connectivity index (χ4v) is 6.29. The molecular formula is C12H14O4S2. The van der Waals surface area contributed by atoms with Gasteiger partial charge in [-0.15, -0.1) is 0 Å². The van der Waals surface area contributed by atoms with Crippen LogP contribution in [0.5, 0.6) is 5.75 Å². The van der Waals surface area contributed by atoms with Crippen LogP contribution in [-0.2, 0) is 26.3 Å². The minimum Gasteiger partial charge on any atom is -0.497 e. The van der Waals surface area contributed by atoms with Gasteiger partial charge in [-0.05, 0) is 24.1 Å². The van der Waals surface area contributed by atoms with E-state index >= 15 is 0 Å². The zero-order valence-corrected chi connectivity index (χ0v) is 11.6. The van der Waals surface area contributed by atoms with Crippen LogP contribution in [0.3, 0.4) is 0 Å². The van der Waals surface area contributed by atoms with Gasteiger partial charge in [0.15, 0.2) is 0 Å². The predicted molar refractivity (Wildman–Crippen MR) is 70.2 cm³/mol. The van der Waals surface area contributed by atoms with Gasteiger partial charge >= 0.3 is 0 Å². The summed E-state index contributed by atoms with van der Waals surface area (Å²) in [5, 5.41) is 0. The van der Waals surface area contributed by atoms with Crippen molar-refractivity contribution in [2.75, 3.05) is 18.6 Å². The Kier molecular flexibility index (Phi) is 3.03. The Hall–Kier alpha value is -0.720. The summed E-state index contributed by atoms with van der Waals surface area (Å²) in [6, 6.07) is 7.42. The number of hydrogen-bond acceptors (Lipinski definition) is 4. The standard InChI is InChI=1S/C12H14O4S2/c1-15-10-5-3-9(4-6-10)11-12(16-11)17(13)7-2-8-18(12)14/h3-6,11H,2,7-8H2,1H3/t11-,17-,18-/m1/s1. The number of benzene rings is 1. The minimum absolute atomic E-state index is 0.301. The van der Waals surface area contributed by atoms with Gasteiger partial charge in [-0.3, -0.25) is 8.42 Å². The first-order chi connectivity index (χ1) is 8.68. The molecule has 2 saturated heterocycles. The lowest BCUT2D eigenvalue weighted by molar-refractivity contribution is 0.388. The normalized spacial score (nSPS) is 33.3. The molecule has 0 N–H and O–H groups in total. The van der Waals surface area contributed by atoms with Crippen LogP contribution in [0.1, 0.15) is 18.1 Å². The molecule has 98 valence electrons. The van der Waals surface area contributed by atoms with Crippen molar-refractivity contribution in [3.8, 4) is 5.75 Å². The van der Waals surface area contributed by atoms with Crippen LogP contribution in [0.25, 0.3) is 0 Å². The van der Waals surface area contributed by atoms with E-state index in [2.05, 4.69) is 0 Å². The zero-order valence-electron chi connectivity index (χ0n) is 9.96. The molecule has 6 heteroatoms. The molecule has 0 unspecified atom stereocenters. The van der Waals surface area contributed by atoms with Gasteiger partial charge in [0.25, 0.3) is 0 Å². The van der Waals surface area contributed by atoms with Gasteiger partial charge in [0.1, 0.15) is 11.9 Å². The van der Waals surface area contributed by atoms with Crippen LogP contribution in [0.2, 0.25) is 0 Å². The Balaban J connectivity index is 1.87. The highest BCUT2D eigenvalue weighted by molar-refractivity contribution is 8.05. The number of epoxide rings is 1. The van der Waals surface area contributed by atoms with Crippen molar-refractivity contribution in [1.29, 1.82) is 0 Å². The average Bonchev–Trinajstić information content (AvgIpc) is 3.13. The molecule has 2 aliphatic rings. The first-order valence-corrected chi connectivity index (χ1v) is 8.41. The SMILES string of the molecule is COc1ccc([C@H]2OC23[S@](=O)CCC[S@]3=O)cc1. The Morgan fingerprint density at radius 3 is 2.39 bits per heavy atom. The van der Waals surface area contributed by atoms with Gasteiger partial charge in [0, 0.05) is 11.5 Å². The lowest BCUT2D eigenvalue weighted by Crippen LogP contribution is -2.34. The topological polar surface area (TPSA) is 55.9 Å². The van der Waals surface area contributed by atoms with Gasteiger partial charge < -0.3 is 9.47 Å². The molecule has 3 atom stereocenters. The first-order valence-electron chi connectivity index (χ1n) is 5.77. The summed E-state index contributed by atoms with van der Waals surface area (Å²) in [7, 11) is -0.715. The van der Waals surface area contributed by atoms with Crippen molar-refractivity contribution in [3.05, 3.63) is 29.8 Å². The smallest absolute Gasteiger partial charge is 0.249 e. The van der Waals surface area contributed by atoms with Gasteiger partial charge in [0.05, 0.1) is 28.7 Å². The van der Waals surface area contributed by atoms with Crippen LogP contribution >= 0.6 is 0 Å². The number of ether oxygens (including phenoxy) is 2. The predicted octanol–water partition coefficient (Wildman–Crippen LogP) is 1.32. The van der Waals surface area contributed by atoms with E-state index in [-0.39, 0.29) is 6.10 Å². The summed E-state index contributed by atoms with van der Waals surface area (Å²) < 4.78 is 33.9. The van der Waals surface area contributed by atoms with Gasteiger partial charge in [-0.1, -0.05) is 12.1 Å². The van der Waals surface area contributed by atoms with Crippen molar-refractivity contribution in [1.82, 2.24) is 0 Å². The molecule has 1 aromatic rings. The van der Waals surface area contributed by atoms with Crippen molar-refractivity contribution >= 4 is 21.6 Å². The Morgan fingerprint density at radius 1 is 1.22 bits per heavy atom. The Morgan fingerprint density at radius 2 is 1.83 bits per heavy atom. The third kappa shape index (κ3) is 1.74. The molecule has 3 rings (SSSR count). The third-order valence-electron chi connectivity index (χ3n) is 3.26. The molecule has 0 radical (unpaired) electrons. The number of hydrogen-bond donors (Lipinski definition) is 0. The highest BCUT2D eigenvalue weighted by atomic mass is 32.2. The number of rotatable bonds is 2. The maximum atomic E-state index is 12.1. The van der Waals surface area contributed by atoms with Crippen molar-refractivity contribution < 1.29 is 17.9 Å². The summed E-state index contributed by atoms with van der Waals surface area (Å²) in [6.45, 7) is 0. The van der Waals surface area contributed by atoms with E-state index in [0.29, 0.717) is 11.5 Å². The molecule has 1 spiro atoms. The molecule has 0 bridgehead atoms. The van der Waals surface area contributed by atoms with E-state index in [1.807, 2.05) is 24.3 Å². The second kappa shape index (κ2) is 4.43. The van der Waals surface area contributed by atoms with Crippen LogP contribution < -0.4 is 4.74 Å². The summed E-state index contributed by atoms with van der Waals surface area (Å²) >= 11 is 0. The molecule has 0 aromatic heterocycles. The molecule has 0 aliphatic carbocycles. The number of methoxy groups -OCH3 is 1. The van der Waals surface area contributed by atoms with E-state index in [1.165, 1.54) is 0 Å². The van der Waals surface area contributed by atoms with Crippen LogP contribution in [0, 0.1) is 0 Å². The van der Waals surface area contributed by atoms with Crippen molar-refractivity contribution in [2.24, 2.45) is 0 Å². The lowest BCUT2D eigenvalue weighted by atomic mass is 10.1. The lowest BCUT2D eigenvalue weighted by Gasteiger charge is -2.17. The maximum absolute atomic E-state index is 12.1. The first kappa shape index (κ1) is 12.3. The van der Waals surface area contributed by atoms with E-state index in [4.69, 9.17) is 9.47 Å². The average molecular weight is 286 g/mol. The van der Waals surface area contributed by atoms with Crippen LogP contribution in [0.15, 0.2) is 24.3 Å². The largest absolute Gasteiger partial charge is 0.497 e. The van der Waals surface area contributed by atoms with E-state index < -0.39 is 25.9 Å². The highest BCUT2D eigenvalue weighted by Gasteiger charge is 2.67. The quantitative estimate of drug-likeness (QED) is 0.770. The second-order valence-corrected chi connectivity index (χ2v) is 8.00. The van der Waals surface area contributed by atoms with Crippen LogP contribution in [0.4, 0.5) is 0 Å². The molecular weight excluding hydrogens is 272 g/mol. The monoisotopic (exact) mass is 286 g/mol. The summed E-state index contributed by atoms with van der Waals surface area (Å²) in [5.41, 5.74) is 0.916. The Bertz CT molecular complexity index is 495.